The third-order valence-electron chi connectivity index (χ3n) is 3.02. The fraction of sp³-hybridized carbons (Fsp3) is 0.250. The Balaban J connectivity index is 2.38. The summed E-state index contributed by atoms with van der Waals surface area (Å²) < 4.78 is 0. The normalized spacial score (nSPS) is 18.6. The molecule has 8 nitrogen and oxygen atoms in total. The van der Waals surface area contributed by atoms with Gasteiger partial charge in [0.2, 0.25) is 11.8 Å². The quantitative estimate of drug-likeness (QED) is 0.467. The van der Waals surface area contributed by atoms with Crippen LogP contribution in [0.4, 0.5) is 5.69 Å². The van der Waals surface area contributed by atoms with E-state index >= 15 is 0 Å². The maximum absolute atomic E-state index is 12.3. The SMILES string of the molecule is CC1C(=O)NC(=O)CN1C(=O)c1ccccc1[N+](=O)[O-]. The summed E-state index contributed by atoms with van der Waals surface area (Å²) in [5.41, 5.74) is -0.505. The van der Waals surface area contributed by atoms with E-state index < -0.39 is 28.7 Å². The van der Waals surface area contributed by atoms with Crippen LogP contribution in [-0.2, 0) is 9.59 Å². The standard InChI is InChI=1S/C12H11N3O5/c1-7-11(17)13-10(16)6-14(7)12(18)8-4-2-3-5-9(8)15(19)20/h2-5,7H,6H2,1H3,(H,13,16,17). The molecule has 2 rings (SSSR count). The van der Waals surface area contributed by atoms with Gasteiger partial charge in [-0.3, -0.25) is 29.8 Å². The summed E-state index contributed by atoms with van der Waals surface area (Å²) in [5, 5.41) is 13.0. The van der Waals surface area contributed by atoms with Gasteiger partial charge in [-0.05, 0) is 13.0 Å². The van der Waals surface area contributed by atoms with Crippen molar-refractivity contribution in [3.8, 4) is 0 Å². The number of hydrogen-bond donors (Lipinski definition) is 1. The number of nitro groups is 1. The molecule has 0 bridgehead atoms. The average molecular weight is 277 g/mol. The van der Waals surface area contributed by atoms with Gasteiger partial charge in [-0.25, -0.2) is 0 Å². The Bertz CT molecular complexity index is 613. The van der Waals surface area contributed by atoms with Crippen LogP contribution in [0.3, 0.4) is 0 Å². The Morgan fingerprint density at radius 1 is 1.40 bits per heavy atom. The summed E-state index contributed by atoms with van der Waals surface area (Å²) in [6, 6.07) is 4.55. The van der Waals surface area contributed by atoms with Gasteiger partial charge >= 0.3 is 0 Å². The minimum atomic E-state index is -0.861. The van der Waals surface area contributed by atoms with E-state index in [1.807, 2.05) is 0 Å². The summed E-state index contributed by atoms with van der Waals surface area (Å²) >= 11 is 0. The van der Waals surface area contributed by atoms with E-state index in [2.05, 4.69) is 5.32 Å². The van der Waals surface area contributed by atoms with Crippen LogP contribution in [0, 0.1) is 10.1 Å². The summed E-state index contributed by atoms with van der Waals surface area (Å²) in [6.07, 6.45) is 0. The second-order valence-electron chi connectivity index (χ2n) is 4.30. The number of nitrogens with zero attached hydrogens (tertiary/aromatic N) is 2. The smallest absolute Gasteiger partial charge is 0.282 e. The number of piperazine rings is 1. The van der Waals surface area contributed by atoms with E-state index in [9.17, 15) is 24.5 Å². The first kappa shape index (κ1) is 13.7. The van der Waals surface area contributed by atoms with Gasteiger partial charge in [0.05, 0.1) is 4.92 Å². The number of nitrogens with one attached hydrogen (secondary N) is 1. The van der Waals surface area contributed by atoms with Crippen LogP contribution in [0.15, 0.2) is 24.3 Å². The van der Waals surface area contributed by atoms with Crippen molar-refractivity contribution in [3.63, 3.8) is 0 Å². The zero-order valence-corrected chi connectivity index (χ0v) is 10.5. The first-order valence-electron chi connectivity index (χ1n) is 5.80. The highest BCUT2D eigenvalue weighted by Crippen LogP contribution is 2.21. The Morgan fingerprint density at radius 3 is 2.70 bits per heavy atom. The number of nitro benzene ring substituents is 1. The molecule has 1 fully saturated rings. The number of para-hydroxylation sites is 1. The molecule has 0 aliphatic carbocycles. The zero-order valence-electron chi connectivity index (χ0n) is 10.5. The first-order valence-corrected chi connectivity index (χ1v) is 5.80. The van der Waals surface area contributed by atoms with E-state index in [0.29, 0.717) is 0 Å². The summed E-state index contributed by atoms with van der Waals surface area (Å²) in [4.78, 5) is 46.4. The number of benzene rings is 1. The summed E-state index contributed by atoms with van der Waals surface area (Å²) in [7, 11) is 0. The van der Waals surface area contributed by atoms with Crippen molar-refractivity contribution in [2.24, 2.45) is 0 Å². The predicted molar refractivity (Wildman–Crippen MR) is 66.7 cm³/mol. The third-order valence-corrected chi connectivity index (χ3v) is 3.02. The van der Waals surface area contributed by atoms with Crippen LogP contribution >= 0.6 is 0 Å². The summed E-state index contributed by atoms with van der Waals surface area (Å²) in [6.45, 7) is 1.15. The number of amides is 3. The molecule has 3 amide bonds. The maximum atomic E-state index is 12.3. The van der Waals surface area contributed by atoms with Gasteiger partial charge in [0.15, 0.2) is 0 Å². The van der Waals surface area contributed by atoms with Gasteiger partial charge in [-0.2, -0.15) is 0 Å². The lowest BCUT2D eigenvalue weighted by Gasteiger charge is -2.31. The van der Waals surface area contributed by atoms with Crippen molar-refractivity contribution in [3.05, 3.63) is 39.9 Å². The van der Waals surface area contributed by atoms with E-state index in [4.69, 9.17) is 0 Å². The number of carbonyl (C=O) groups excluding carboxylic acids is 3. The van der Waals surface area contributed by atoms with Gasteiger partial charge in [0.25, 0.3) is 11.6 Å². The lowest BCUT2D eigenvalue weighted by Crippen LogP contribution is -2.58. The Labute approximate surface area is 113 Å². The highest BCUT2D eigenvalue weighted by Gasteiger charge is 2.36. The molecular formula is C12H11N3O5. The monoisotopic (exact) mass is 277 g/mol. The van der Waals surface area contributed by atoms with Gasteiger partial charge in [0.1, 0.15) is 18.2 Å². The van der Waals surface area contributed by atoms with Crippen molar-refractivity contribution < 1.29 is 19.3 Å². The van der Waals surface area contributed by atoms with Crippen molar-refractivity contribution in [1.82, 2.24) is 10.2 Å². The van der Waals surface area contributed by atoms with E-state index in [1.54, 1.807) is 0 Å². The minimum absolute atomic E-state index is 0.146. The highest BCUT2D eigenvalue weighted by atomic mass is 16.6. The molecule has 1 N–H and O–H groups in total. The lowest BCUT2D eigenvalue weighted by atomic mass is 10.1. The van der Waals surface area contributed by atoms with Gasteiger partial charge < -0.3 is 4.90 Å². The largest absolute Gasteiger partial charge is 0.317 e. The molecule has 104 valence electrons. The van der Waals surface area contributed by atoms with Crippen LogP contribution < -0.4 is 5.32 Å². The van der Waals surface area contributed by atoms with Crippen LogP contribution in [0.2, 0.25) is 0 Å². The van der Waals surface area contributed by atoms with Crippen LogP contribution in [0.25, 0.3) is 0 Å². The lowest BCUT2D eigenvalue weighted by molar-refractivity contribution is -0.385. The van der Waals surface area contributed by atoms with Crippen molar-refractivity contribution in [2.45, 2.75) is 13.0 Å². The van der Waals surface area contributed by atoms with E-state index in [0.717, 1.165) is 4.90 Å². The van der Waals surface area contributed by atoms with Crippen LogP contribution in [0.5, 0.6) is 0 Å². The molecule has 1 aliphatic heterocycles. The highest BCUT2D eigenvalue weighted by molar-refractivity contribution is 6.08. The predicted octanol–water partition coefficient (Wildman–Crippen LogP) is 0.0819. The molecule has 1 aromatic rings. The molecule has 1 saturated heterocycles. The van der Waals surface area contributed by atoms with Gasteiger partial charge in [0, 0.05) is 6.07 Å². The molecule has 0 saturated carbocycles. The van der Waals surface area contributed by atoms with Crippen molar-refractivity contribution >= 4 is 23.4 Å². The average Bonchev–Trinajstić information content (AvgIpc) is 2.42. The topological polar surface area (TPSA) is 110 Å². The van der Waals surface area contributed by atoms with Gasteiger partial charge in [-0.1, -0.05) is 12.1 Å². The van der Waals surface area contributed by atoms with Gasteiger partial charge in [-0.15, -0.1) is 0 Å². The molecule has 1 heterocycles. The summed E-state index contributed by atoms with van der Waals surface area (Å²) in [5.74, 6) is -1.93. The minimum Gasteiger partial charge on any atom is -0.317 e. The second-order valence-corrected chi connectivity index (χ2v) is 4.30. The number of carbonyl (C=O) groups is 3. The molecule has 1 unspecified atom stereocenters. The molecule has 0 spiro atoms. The number of rotatable bonds is 2. The maximum Gasteiger partial charge on any atom is 0.282 e. The van der Waals surface area contributed by atoms with Crippen LogP contribution in [0.1, 0.15) is 17.3 Å². The third kappa shape index (κ3) is 2.35. The molecule has 1 atom stereocenters. The molecule has 1 aromatic carbocycles. The molecule has 0 radical (unpaired) electrons. The van der Waals surface area contributed by atoms with E-state index in [-0.39, 0.29) is 17.8 Å². The Kier molecular flexibility index (Phi) is 3.47. The second kappa shape index (κ2) is 5.08. The van der Waals surface area contributed by atoms with Crippen LogP contribution in [-0.4, -0.2) is 40.1 Å². The van der Waals surface area contributed by atoms with E-state index in [1.165, 1.54) is 31.2 Å². The molecule has 20 heavy (non-hydrogen) atoms. The van der Waals surface area contributed by atoms with Crippen molar-refractivity contribution in [1.29, 1.82) is 0 Å². The fourth-order valence-electron chi connectivity index (χ4n) is 1.93. The zero-order chi connectivity index (χ0) is 14.9. The Morgan fingerprint density at radius 2 is 2.05 bits per heavy atom. The number of hydrogen-bond acceptors (Lipinski definition) is 5. The molecule has 8 heteroatoms. The van der Waals surface area contributed by atoms with Crippen molar-refractivity contribution in [2.75, 3.05) is 6.54 Å². The first-order chi connectivity index (χ1) is 9.41. The fourth-order valence-corrected chi connectivity index (χ4v) is 1.93. The number of imide groups is 1. The molecular weight excluding hydrogens is 266 g/mol. The molecule has 0 aromatic heterocycles. The Hall–Kier alpha value is -2.77. The molecule has 1 aliphatic rings.